The second kappa shape index (κ2) is 4.97. The van der Waals surface area contributed by atoms with E-state index in [0.717, 1.165) is 6.07 Å². The highest BCUT2D eigenvalue weighted by atomic mass is 16.5. The van der Waals surface area contributed by atoms with Gasteiger partial charge in [-0.25, -0.2) is 0 Å². The number of aliphatic hydroxyl groups excluding tert-OH is 2. The summed E-state index contributed by atoms with van der Waals surface area (Å²) in [5.41, 5.74) is 0.292. The average Bonchev–Trinajstić information content (AvgIpc) is 2.45. The highest BCUT2D eigenvalue weighted by molar-refractivity contribution is 5.53. The molecule has 0 saturated heterocycles. The van der Waals surface area contributed by atoms with Gasteiger partial charge in [-0.2, -0.15) is 0 Å². The number of ether oxygens (including phenoxy) is 1. The van der Waals surface area contributed by atoms with Gasteiger partial charge in [0.05, 0.1) is 5.56 Å². The molecule has 2 aromatic carbocycles. The minimum absolute atomic E-state index is 0.0212. The van der Waals surface area contributed by atoms with E-state index >= 15 is 0 Å². The largest absolute Gasteiger partial charge is 0.508 e. The van der Waals surface area contributed by atoms with E-state index in [0.29, 0.717) is 5.56 Å². The van der Waals surface area contributed by atoms with E-state index in [1.54, 1.807) is 0 Å². The van der Waals surface area contributed by atoms with Crippen molar-refractivity contribution in [3.05, 3.63) is 41.5 Å². The van der Waals surface area contributed by atoms with Gasteiger partial charge in [0.15, 0.2) is 17.6 Å². The number of benzene rings is 2. The van der Waals surface area contributed by atoms with Crippen LogP contribution in [-0.2, 0) is 0 Å². The first-order valence-electron chi connectivity index (χ1n) is 6.49. The van der Waals surface area contributed by atoms with Gasteiger partial charge in [0, 0.05) is 12.1 Å². The van der Waals surface area contributed by atoms with Gasteiger partial charge in [-0.1, -0.05) is 6.07 Å². The monoisotopic (exact) mass is 306 g/mol. The average molecular weight is 306 g/mol. The van der Waals surface area contributed by atoms with E-state index in [2.05, 4.69) is 0 Å². The van der Waals surface area contributed by atoms with Gasteiger partial charge in [0.25, 0.3) is 0 Å². The summed E-state index contributed by atoms with van der Waals surface area (Å²) in [4.78, 5) is 0. The lowest BCUT2D eigenvalue weighted by molar-refractivity contribution is -0.0711. The Morgan fingerprint density at radius 2 is 1.55 bits per heavy atom. The zero-order chi connectivity index (χ0) is 16.0. The van der Waals surface area contributed by atoms with E-state index in [9.17, 15) is 30.6 Å². The Morgan fingerprint density at radius 3 is 2.23 bits per heavy atom. The van der Waals surface area contributed by atoms with Crippen molar-refractivity contribution < 1.29 is 35.4 Å². The topological polar surface area (TPSA) is 131 Å². The Balaban J connectivity index is 2.06. The van der Waals surface area contributed by atoms with Crippen LogP contribution in [0.3, 0.4) is 0 Å². The van der Waals surface area contributed by atoms with E-state index < -0.39 is 29.8 Å². The highest BCUT2D eigenvalue weighted by Crippen LogP contribution is 2.47. The van der Waals surface area contributed by atoms with E-state index in [-0.39, 0.29) is 22.8 Å². The Hall–Kier alpha value is -2.64. The van der Waals surface area contributed by atoms with Crippen LogP contribution in [0.25, 0.3) is 0 Å². The Bertz CT molecular complexity index is 728. The standard InChI is InChI=1S/C15H14O7/c16-7-4-10(19)12-11(5-7)22-15(14(21)13(12)20)6-1-2-8(17)9(18)3-6/h1-5,13-21H/t13?,14?,15-/m1/s1. The minimum Gasteiger partial charge on any atom is -0.508 e. The SMILES string of the molecule is Oc1cc(O)c2c(c1)O[C@H](c1ccc(O)c(O)c1)C(O)C2O. The molecule has 6 N–H and O–H groups in total. The molecule has 0 amide bonds. The van der Waals surface area contributed by atoms with E-state index in [1.165, 1.54) is 24.3 Å². The maximum absolute atomic E-state index is 10.2. The molecule has 1 heterocycles. The lowest BCUT2D eigenvalue weighted by Gasteiger charge is -2.34. The van der Waals surface area contributed by atoms with Crippen LogP contribution in [-0.4, -0.2) is 36.7 Å². The molecule has 0 bridgehead atoms. The second-order valence-electron chi connectivity index (χ2n) is 5.10. The van der Waals surface area contributed by atoms with Crippen LogP contribution >= 0.6 is 0 Å². The molecule has 0 saturated carbocycles. The van der Waals surface area contributed by atoms with Gasteiger partial charge < -0.3 is 35.4 Å². The van der Waals surface area contributed by atoms with Crippen LogP contribution in [0.5, 0.6) is 28.7 Å². The molecule has 116 valence electrons. The number of phenolic OH excluding ortho intramolecular Hbond substituents is 4. The van der Waals surface area contributed by atoms with Crippen molar-refractivity contribution in [3.63, 3.8) is 0 Å². The highest BCUT2D eigenvalue weighted by Gasteiger charge is 2.39. The van der Waals surface area contributed by atoms with Gasteiger partial charge in [0.1, 0.15) is 29.5 Å². The predicted molar refractivity (Wildman–Crippen MR) is 73.9 cm³/mol. The van der Waals surface area contributed by atoms with Crippen LogP contribution in [0, 0.1) is 0 Å². The number of hydrogen-bond acceptors (Lipinski definition) is 7. The number of rotatable bonds is 1. The minimum atomic E-state index is -1.44. The molecule has 0 radical (unpaired) electrons. The summed E-state index contributed by atoms with van der Waals surface area (Å²) in [5.74, 6) is -1.36. The zero-order valence-corrected chi connectivity index (χ0v) is 11.2. The van der Waals surface area contributed by atoms with Gasteiger partial charge in [-0.3, -0.25) is 0 Å². The van der Waals surface area contributed by atoms with Crippen molar-refractivity contribution in [2.45, 2.75) is 18.3 Å². The number of hydrogen-bond donors (Lipinski definition) is 6. The molecule has 1 aliphatic heterocycles. The van der Waals surface area contributed by atoms with Crippen LogP contribution < -0.4 is 4.74 Å². The Kier molecular flexibility index (Phi) is 3.23. The molecular formula is C15H14O7. The van der Waals surface area contributed by atoms with Crippen LogP contribution in [0.2, 0.25) is 0 Å². The number of aromatic hydroxyl groups is 4. The first kappa shape index (κ1) is 14.3. The summed E-state index contributed by atoms with van der Waals surface area (Å²) < 4.78 is 5.53. The smallest absolute Gasteiger partial charge is 0.157 e. The van der Waals surface area contributed by atoms with Crippen LogP contribution in [0.1, 0.15) is 23.3 Å². The van der Waals surface area contributed by atoms with E-state index in [1.807, 2.05) is 0 Å². The second-order valence-corrected chi connectivity index (χ2v) is 5.10. The quantitative estimate of drug-likeness (QED) is 0.434. The predicted octanol–water partition coefficient (Wildman–Crippen LogP) is 1.04. The van der Waals surface area contributed by atoms with Crippen molar-refractivity contribution in [2.75, 3.05) is 0 Å². The van der Waals surface area contributed by atoms with Crippen molar-refractivity contribution in [1.29, 1.82) is 0 Å². The summed E-state index contributed by atoms with van der Waals surface area (Å²) in [6, 6.07) is 6.08. The Labute approximate surface area is 124 Å². The first-order chi connectivity index (χ1) is 10.4. The van der Waals surface area contributed by atoms with Crippen LogP contribution in [0.15, 0.2) is 30.3 Å². The molecule has 3 rings (SSSR count). The molecule has 2 unspecified atom stereocenters. The lowest BCUT2D eigenvalue weighted by atomic mass is 9.91. The molecule has 0 aromatic heterocycles. The molecule has 1 aliphatic rings. The zero-order valence-electron chi connectivity index (χ0n) is 11.2. The van der Waals surface area contributed by atoms with Crippen molar-refractivity contribution in [1.82, 2.24) is 0 Å². The first-order valence-corrected chi connectivity index (χ1v) is 6.49. The van der Waals surface area contributed by atoms with E-state index in [4.69, 9.17) is 4.74 Å². The Morgan fingerprint density at radius 1 is 0.818 bits per heavy atom. The third kappa shape index (κ3) is 2.16. The molecule has 7 nitrogen and oxygen atoms in total. The van der Waals surface area contributed by atoms with Crippen molar-refractivity contribution in [2.24, 2.45) is 0 Å². The summed E-state index contributed by atoms with van der Waals surface area (Å²) in [6.45, 7) is 0. The van der Waals surface area contributed by atoms with Gasteiger partial charge >= 0.3 is 0 Å². The number of phenols is 4. The molecule has 3 atom stereocenters. The van der Waals surface area contributed by atoms with Crippen LogP contribution in [0.4, 0.5) is 0 Å². The molecular weight excluding hydrogens is 292 g/mol. The van der Waals surface area contributed by atoms with Gasteiger partial charge in [-0.05, 0) is 17.7 Å². The maximum atomic E-state index is 10.2. The van der Waals surface area contributed by atoms with Gasteiger partial charge in [-0.15, -0.1) is 0 Å². The fraction of sp³-hybridized carbons (Fsp3) is 0.200. The van der Waals surface area contributed by atoms with Gasteiger partial charge in [0.2, 0.25) is 0 Å². The molecule has 0 aliphatic carbocycles. The third-order valence-corrected chi connectivity index (χ3v) is 3.62. The lowest BCUT2D eigenvalue weighted by Crippen LogP contribution is -2.34. The molecule has 0 spiro atoms. The summed E-state index contributed by atoms with van der Waals surface area (Å²) >= 11 is 0. The summed E-state index contributed by atoms with van der Waals surface area (Å²) in [5, 5.41) is 58.5. The molecule has 22 heavy (non-hydrogen) atoms. The normalized spacial score (nSPS) is 23.6. The molecule has 2 aromatic rings. The van der Waals surface area contributed by atoms with Crippen molar-refractivity contribution in [3.8, 4) is 28.7 Å². The maximum Gasteiger partial charge on any atom is 0.157 e. The van der Waals surface area contributed by atoms with Crippen molar-refractivity contribution >= 4 is 0 Å². The third-order valence-electron chi connectivity index (χ3n) is 3.62. The molecule has 0 fully saturated rings. The number of aliphatic hydroxyl groups is 2. The fourth-order valence-electron chi connectivity index (χ4n) is 2.52. The summed E-state index contributed by atoms with van der Waals surface area (Å²) in [6.07, 6.45) is -3.90. The fourth-order valence-corrected chi connectivity index (χ4v) is 2.52. The summed E-state index contributed by atoms with van der Waals surface area (Å²) in [7, 11) is 0. The number of fused-ring (bicyclic) bond motifs is 1. The molecule has 7 heteroatoms.